The molecule has 1 N–H and O–H groups in total. The van der Waals surface area contributed by atoms with Gasteiger partial charge in [-0.2, -0.15) is 0 Å². The number of carbonyl (C=O) groups is 1. The van der Waals surface area contributed by atoms with Crippen molar-refractivity contribution in [2.45, 2.75) is 19.4 Å². The first-order chi connectivity index (χ1) is 9.26. The molecule has 1 aromatic carbocycles. The van der Waals surface area contributed by atoms with Gasteiger partial charge in [-0.1, -0.05) is 31.2 Å². The molecule has 0 saturated heterocycles. The van der Waals surface area contributed by atoms with Gasteiger partial charge in [-0.25, -0.2) is 0 Å². The number of esters is 1. The van der Waals surface area contributed by atoms with E-state index in [-0.39, 0.29) is 12.0 Å². The van der Waals surface area contributed by atoms with Gasteiger partial charge in [0.2, 0.25) is 0 Å². The highest BCUT2D eigenvalue weighted by Crippen LogP contribution is 2.25. The van der Waals surface area contributed by atoms with Crippen LogP contribution in [0.1, 0.15) is 24.9 Å². The molecule has 4 heteroatoms. The lowest BCUT2D eigenvalue weighted by Crippen LogP contribution is -2.24. The summed E-state index contributed by atoms with van der Waals surface area (Å²) in [5, 5.41) is 5.51. The zero-order chi connectivity index (χ0) is 13.7. The van der Waals surface area contributed by atoms with Crippen molar-refractivity contribution < 1.29 is 9.53 Å². The van der Waals surface area contributed by atoms with Crippen molar-refractivity contribution in [1.29, 1.82) is 0 Å². The summed E-state index contributed by atoms with van der Waals surface area (Å²) >= 11 is 0. The zero-order valence-electron chi connectivity index (χ0n) is 11.2. The molecule has 0 amide bonds. The Balaban J connectivity index is 2.40. The number of rotatable bonds is 5. The van der Waals surface area contributed by atoms with Gasteiger partial charge in [0.25, 0.3) is 0 Å². The lowest BCUT2D eigenvalue weighted by molar-refractivity contribution is -0.141. The van der Waals surface area contributed by atoms with E-state index < -0.39 is 0 Å². The molecule has 0 spiro atoms. The quantitative estimate of drug-likeness (QED) is 0.837. The number of pyridine rings is 1. The van der Waals surface area contributed by atoms with E-state index in [1.54, 1.807) is 0 Å². The number of nitrogens with one attached hydrogen (secondary N) is 1. The lowest BCUT2D eigenvalue weighted by Gasteiger charge is -2.18. The second-order valence-corrected chi connectivity index (χ2v) is 4.34. The van der Waals surface area contributed by atoms with Crippen LogP contribution in [0.2, 0.25) is 0 Å². The van der Waals surface area contributed by atoms with E-state index in [0.717, 1.165) is 22.9 Å². The first kappa shape index (κ1) is 13.5. The maximum Gasteiger partial charge on any atom is 0.307 e. The first-order valence-electron chi connectivity index (χ1n) is 6.39. The minimum atomic E-state index is -0.223. The van der Waals surface area contributed by atoms with Gasteiger partial charge in [0.15, 0.2) is 0 Å². The highest BCUT2D eigenvalue weighted by molar-refractivity contribution is 5.85. The Morgan fingerprint density at radius 2 is 2.16 bits per heavy atom. The van der Waals surface area contributed by atoms with Crippen molar-refractivity contribution in [3.8, 4) is 0 Å². The van der Waals surface area contributed by atoms with E-state index in [0.29, 0.717) is 6.42 Å². The zero-order valence-corrected chi connectivity index (χ0v) is 11.2. The second-order valence-electron chi connectivity index (χ2n) is 4.34. The maximum absolute atomic E-state index is 11.5. The summed E-state index contributed by atoms with van der Waals surface area (Å²) < 4.78 is 4.76. The van der Waals surface area contributed by atoms with Gasteiger partial charge in [0.1, 0.15) is 0 Å². The molecule has 1 aromatic heterocycles. The number of hydrogen-bond donors (Lipinski definition) is 1. The van der Waals surface area contributed by atoms with Crippen LogP contribution in [0.15, 0.2) is 36.7 Å². The van der Waals surface area contributed by atoms with Crippen LogP contribution in [0.3, 0.4) is 0 Å². The fraction of sp³-hybridized carbons (Fsp3) is 0.333. The van der Waals surface area contributed by atoms with E-state index in [4.69, 9.17) is 4.74 Å². The van der Waals surface area contributed by atoms with E-state index in [9.17, 15) is 4.79 Å². The number of aromatic nitrogens is 1. The number of hydrogen-bond acceptors (Lipinski definition) is 4. The molecule has 19 heavy (non-hydrogen) atoms. The summed E-state index contributed by atoms with van der Waals surface area (Å²) in [6, 6.07) is 7.97. The van der Waals surface area contributed by atoms with Crippen molar-refractivity contribution in [2.75, 3.05) is 13.7 Å². The predicted octanol–water partition coefficient (Wildman–Crippen LogP) is 2.45. The molecule has 100 valence electrons. The van der Waals surface area contributed by atoms with Crippen molar-refractivity contribution >= 4 is 16.7 Å². The molecule has 0 fully saturated rings. The van der Waals surface area contributed by atoms with Crippen LogP contribution >= 0.6 is 0 Å². The van der Waals surface area contributed by atoms with Crippen LogP contribution in [0.25, 0.3) is 10.8 Å². The molecule has 0 saturated carbocycles. The minimum absolute atomic E-state index is 0.0731. The minimum Gasteiger partial charge on any atom is -0.469 e. The molecule has 0 radical (unpaired) electrons. The third-order valence-corrected chi connectivity index (χ3v) is 3.12. The third-order valence-electron chi connectivity index (χ3n) is 3.12. The summed E-state index contributed by atoms with van der Waals surface area (Å²) in [5.41, 5.74) is 1.03. The van der Waals surface area contributed by atoms with Crippen molar-refractivity contribution in [3.63, 3.8) is 0 Å². The van der Waals surface area contributed by atoms with Crippen LogP contribution < -0.4 is 5.32 Å². The van der Waals surface area contributed by atoms with Gasteiger partial charge in [0.05, 0.1) is 13.5 Å². The fourth-order valence-electron chi connectivity index (χ4n) is 2.21. The van der Waals surface area contributed by atoms with Gasteiger partial charge in [-0.15, -0.1) is 0 Å². The summed E-state index contributed by atoms with van der Waals surface area (Å²) in [5.74, 6) is -0.223. The maximum atomic E-state index is 11.5. The highest BCUT2D eigenvalue weighted by atomic mass is 16.5. The standard InChI is InChI=1S/C15H18N2O2/c1-3-17-14(8-15(18)19-2)13-10-16-9-11-6-4-5-7-12(11)13/h4-7,9-10,14,17H,3,8H2,1-2H3. The lowest BCUT2D eigenvalue weighted by atomic mass is 9.99. The summed E-state index contributed by atoms with van der Waals surface area (Å²) in [7, 11) is 1.41. The van der Waals surface area contributed by atoms with Gasteiger partial charge >= 0.3 is 5.97 Å². The van der Waals surface area contributed by atoms with Gasteiger partial charge in [-0.3, -0.25) is 9.78 Å². The fourth-order valence-corrected chi connectivity index (χ4v) is 2.21. The summed E-state index contributed by atoms with van der Waals surface area (Å²) in [6.45, 7) is 2.80. The number of fused-ring (bicyclic) bond motifs is 1. The SMILES string of the molecule is CCNC(CC(=O)OC)c1cncc2ccccc12. The van der Waals surface area contributed by atoms with Crippen LogP contribution in [-0.2, 0) is 9.53 Å². The molecular formula is C15H18N2O2. The van der Waals surface area contributed by atoms with Crippen LogP contribution in [-0.4, -0.2) is 24.6 Å². The van der Waals surface area contributed by atoms with Crippen LogP contribution in [0.4, 0.5) is 0 Å². The van der Waals surface area contributed by atoms with Crippen LogP contribution in [0, 0.1) is 0 Å². The van der Waals surface area contributed by atoms with Crippen molar-refractivity contribution in [3.05, 3.63) is 42.2 Å². The van der Waals surface area contributed by atoms with Gasteiger partial charge < -0.3 is 10.1 Å². The van der Waals surface area contributed by atoms with Crippen molar-refractivity contribution in [1.82, 2.24) is 10.3 Å². The van der Waals surface area contributed by atoms with Crippen LogP contribution in [0.5, 0.6) is 0 Å². The van der Waals surface area contributed by atoms with Gasteiger partial charge in [0, 0.05) is 23.8 Å². The predicted molar refractivity (Wildman–Crippen MR) is 74.8 cm³/mol. The highest BCUT2D eigenvalue weighted by Gasteiger charge is 2.17. The molecule has 0 bridgehead atoms. The molecule has 0 aliphatic carbocycles. The Morgan fingerprint density at radius 3 is 2.89 bits per heavy atom. The van der Waals surface area contributed by atoms with E-state index in [2.05, 4.69) is 10.3 Å². The van der Waals surface area contributed by atoms with Gasteiger partial charge in [-0.05, 0) is 17.5 Å². The number of ether oxygens (including phenoxy) is 1. The molecule has 2 aromatic rings. The molecule has 0 aliphatic heterocycles. The largest absolute Gasteiger partial charge is 0.469 e. The average Bonchev–Trinajstić information content (AvgIpc) is 2.46. The average molecular weight is 258 g/mol. The number of benzene rings is 1. The summed E-state index contributed by atoms with van der Waals surface area (Å²) in [6.07, 6.45) is 3.96. The molecule has 2 rings (SSSR count). The molecular weight excluding hydrogens is 240 g/mol. The Kier molecular flexibility index (Phi) is 4.47. The Hall–Kier alpha value is -1.94. The monoisotopic (exact) mass is 258 g/mol. The van der Waals surface area contributed by atoms with Crippen molar-refractivity contribution in [2.24, 2.45) is 0 Å². The number of methoxy groups -OCH3 is 1. The Morgan fingerprint density at radius 1 is 1.37 bits per heavy atom. The smallest absolute Gasteiger partial charge is 0.307 e. The Labute approximate surface area is 112 Å². The molecule has 1 unspecified atom stereocenters. The number of carbonyl (C=O) groups excluding carboxylic acids is 1. The topological polar surface area (TPSA) is 51.2 Å². The second kappa shape index (κ2) is 6.29. The summed E-state index contributed by atoms with van der Waals surface area (Å²) in [4.78, 5) is 15.8. The molecule has 1 heterocycles. The van der Waals surface area contributed by atoms with E-state index in [1.165, 1.54) is 7.11 Å². The molecule has 0 aliphatic rings. The van der Waals surface area contributed by atoms with E-state index in [1.807, 2.05) is 43.6 Å². The molecule has 4 nitrogen and oxygen atoms in total. The Bertz CT molecular complexity index is 564. The normalized spacial score (nSPS) is 12.3. The third kappa shape index (κ3) is 3.09. The number of nitrogens with zero attached hydrogens (tertiary/aromatic N) is 1. The molecule has 1 atom stereocenters. The van der Waals surface area contributed by atoms with E-state index >= 15 is 0 Å². The first-order valence-corrected chi connectivity index (χ1v) is 6.39.